The Morgan fingerprint density at radius 2 is 1.72 bits per heavy atom. The molecule has 6 heteroatoms. The molecule has 0 radical (unpaired) electrons. The summed E-state index contributed by atoms with van der Waals surface area (Å²) >= 11 is 0. The Hall–Kier alpha value is -2.99. The highest BCUT2D eigenvalue weighted by Crippen LogP contribution is 2.47. The van der Waals surface area contributed by atoms with Crippen LogP contribution in [0.5, 0.6) is 0 Å². The summed E-state index contributed by atoms with van der Waals surface area (Å²) < 4.78 is 30.7. The van der Waals surface area contributed by atoms with Crippen molar-refractivity contribution in [1.82, 2.24) is 0 Å². The summed E-state index contributed by atoms with van der Waals surface area (Å²) in [4.78, 5) is 25.9. The zero-order valence-electron chi connectivity index (χ0n) is 18.8. The van der Waals surface area contributed by atoms with Crippen LogP contribution in [-0.2, 0) is 23.8 Å². The standard InChI is InChI=1S/C26H27FO5/c1-15(2)24(28)31-23-22(25(29)32-26(23)11-13-30-14-12-26)21-16(3)5-10-20(17(21)4)18-6-8-19(27)9-7-18/h5-10,15H,11-14H2,1-4H3. The molecule has 4 rings (SSSR count). The summed E-state index contributed by atoms with van der Waals surface area (Å²) in [5.74, 6) is -1.30. The van der Waals surface area contributed by atoms with Crippen molar-refractivity contribution in [2.45, 2.75) is 46.1 Å². The number of esters is 2. The Bertz CT molecular complexity index is 1090. The molecular formula is C26H27FO5. The van der Waals surface area contributed by atoms with E-state index < -0.39 is 17.5 Å². The average Bonchev–Trinajstić information content (AvgIpc) is 3.00. The molecule has 1 fully saturated rings. The number of carbonyl (C=O) groups is 2. The van der Waals surface area contributed by atoms with Crippen molar-refractivity contribution in [2.75, 3.05) is 13.2 Å². The van der Waals surface area contributed by atoms with Gasteiger partial charge in [0, 0.05) is 12.8 Å². The van der Waals surface area contributed by atoms with E-state index in [0.717, 1.165) is 22.3 Å². The Morgan fingerprint density at radius 1 is 1.06 bits per heavy atom. The molecule has 0 saturated carbocycles. The van der Waals surface area contributed by atoms with Crippen molar-refractivity contribution >= 4 is 17.5 Å². The number of benzene rings is 2. The zero-order chi connectivity index (χ0) is 23.0. The van der Waals surface area contributed by atoms with Gasteiger partial charge in [-0.15, -0.1) is 0 Å². The van der Waals surface area contributed by atoms with E-state index in [9.17, 15) is 14.0 Å². The second kappa shape index (κ2) is 8.51. The molecular weight excluding hydrogens is 411 g/mol. The van der Waals surface area contributed by atoms with Gasteiger partial charge in [0.1, 0.15) is 11.4 Å². The van der Waals surface area contributed by atoms with Gasteiger partial charge in [-0.2, -0.15) is 0 Å². The summed E-state index contributed by atoms with van der Waals surface area (Å²) in [7, 11) is 0. The third-order valence-corrected chi connectivity index (χ3v) is 6.19. The van der Waals surface area contributed by atoms with Gasteiger partial charge >= 0.3 is 11.9 Å². The van der Waals surface area contributed by atoms with Crippen molar-refractivity contribution in [3.8, 4) is 11.1 Å². The van der Waals surface area contributed by atoms with Crippen LogP contribution in [0.3, 0.4) is 0 Å². The maximum Gasteiger partial charge on any atom is 0.343 e. The first kappa shape index (κ1) is 22.2. The van der Waals surface area contributed by atoms with Gasteiger partial charge in [0.25, 0.3) is 0 Å². The molecule has 0 bridgehead atoms. The second-order valence-electron chi connectivity index (χ2n) is 8.71. The summed E-state index contributed by atoms with van der Waals surface area (Å²) in [5, 5.41) is 0. The highest BCUT2D eigenvalue weighted by Gasteiger charge is 2.52. The summed E-state index contributed by atoms with van der Waals surface area (Å²) in [6, 6.07) is 10.1. The first-order chi connectivity index (χ1) is 15.2. The normalized spacial score (nSPS) is 17.8. The summed E-state index contributed by atoms with van der Waals surface area (Å²) in [6.07, 6.45) is 0.859. The molecule has 1 saturated heterocycles. The van der Waals surface area contributed by atoms with Gasteiger partial charge in [0.2, 0.25) is 0 Å². The molecule has 0 N–H and O–H groups in total. The van der Waals surface area contributed by atoms with Crippen LogP contribution in [0.25, 0.3) is 16.7 Å². The quantitative estimate of drug-likeness (QED) is 0.620. The third-order valence-electron chi connectivity index (χ3n) is 6.19. The largest absolute Gasteiger partial charge is 0.447 e. The van der Waals surface area contributed by atoms with Crippen LogP contribution >= 0.6 is 0 Å². The van der Waals surface area contributed by atoms with Crippen LogP contribution in [0, 0.1) is 25.6 Å². The van der Waals surface area contributed by atoms with E-state index >= 15 is 0 Å². The molecule has 168 valence electrons. The SMILES string of the molecule is Cc1ccc(-c2ccc(F)cc2)c(C)c1C1=C(OC(=O)C(C)C)C2(CCOCC2)OC1=O. The molecule has 0 unspecified atom stereocenters. The van der Waals surface area contributed by atoms with E-state index in [1.54, 1.807) is 26.0 Å². The van der Waals surface area contributed by atoms with E-state index in [1.807, 2.05) is 26.0 Å². The summed E-state index contributed by atoms with van der Waals surface area (Å²) in [5.41, 5.74) is 3.38. The smallest absolute Gasteiger partial charge is 0.343 e. The second-order valence-corrected chi connectivity index (χ2v) is 8.71. The molecule has 2 aromatic carbocycles. The Balaban J connectivity index is 1.92. The minimum absolute atomic E-state index is 0.284. The van der Waals surface area contributed by atoms with Crippen molar-refractivity contribution in [1.29, 1.82) is 0 Å². The Kier molecular flexibility index (Phi) is 5.91. The number of hydrogen-bond acceptors (Lipinski definition) is 5. The van der Waals surface area contributed by atoms with Crippen molar-refractivity contribution in [3.05, 3.63) is 64.7 Å². The molecule has 2 aliphatic rings. The minimum atomic E-state index is -1.00. The topological polar surface area (TPSA) is 61.8 Å². The molecule has 2 heterocycles. The molecule has 0 aliphatic carbocycles. The van der Waals surface area contributed by atoms with Gasteiger partial charge in [0.15, 0.2) is 11.4 Å². The van der Waals surface area contributed by atoms with Gasteiger partial charge in [-0.25, -0.2) is 9.18 Å². The van der Waals surface area contributed by atoms with Gasteiger partial charge in [-0.3, -0.25) is 4.79 Å². The lowest BCUT2D eigenvalue weighted by Crippen LogP contribution is -2.40. The van der Waals surface area contributed by atoms with Crippen LogP contribution in [0.4, 0.5) is 4.39 Å². The monoisotopic (exact) mass is 438 g/mol. The Morgan fingerprint density at radius 3 is 2.34 bits per heavy atom. The lowest BCUT2D eigenvalue weighted by molar-refractivity contribution is -0.161. The average molecular weight is 438 g/mol. The third kappa shape index (κ3) is 3.84. The fourth-order valence-electron chi connectivity index (χ4n) is 4.38. The van der Waals surface area contributed by atoms with Crippen LogP contribution in [0.15, 0.2) is 42.2 Å². The number of rotatable bonds is 4. The molecule has 0 aromatic heterocycles. The highest BCUT2D eigenvalue weighted by atomic mass is 19.1. The highest BCUT2D eigenvalue weighted by molar-refractivity contribution is 6.21. The van der Waals surface area contributed by atoms with Gasteiger partial charge in [0.05, 0.1) is 19.1 Å². The predicted octanol–water partition coefficient (Wildman–Crippen LogP) is 5.13. The first-order valence-corrected chi connectivity index (χ1v) is 10.9. The summed E-state index contributed by atoms with van der Waals surface area (Å²) in [6.45, 7) is 8.16. The number of carbonyl (C=O) groups excluding carboxylic acids is 2. The van der Waals surface area contributed by atoms with Crippen LogP contribution in [-0.4, -0.2) is 30.8 Å². The zero-order valence-corrected chi connectivity index (χ0v) is 18.8. The molecule has 0 atom stereocenters. The fraction of sp³-hybridized carbons (Fsp3) is 0.385. The van der Waals surface area contributed by atoms with E-state index in [2.05, 4.69) is 0 Å². The lowest BCUT2D eigenvalue weighted by atomic mass is 9.85. The van der Waals surface area contributed by atoms with Gasteiger partial charge in [-0.05, 0) is 53.8 Å². The predicted molar refractivity (Wildman–Crippen MR) is 118 cm³/mol. The lowest BCUT2D eigenvalue weighted by Gasteiger charge is -2.33. The molecule has 0 amide bonds. The van der Waals surface area contributed by atoms with Crippen LogP contribution in [0.1, 0.15) is 43.4 Å². The van der Waals surface area contributed by atoms with Crippen LogP contribution in [0.2, 0.25) is 0 Å². The number of halogens is 1. The van der Waals surface area contributed by atoms with Crippen molar-refractivity contribution in [3.63, 3.8) is 0 Å². The van der Waals surface area contributed by atoms with E-state index in [0.29, 0.717) is 37.2 Å². The number of aryl methyl sites for hydroxylation is 1. The van der Waals surface area contributed by atoms with Gasteiger partial charge < -0.3 is 14.2 Å². The number of ether oxygens (including phenoxy) is 3. The van der Waals surface area contributed by atoms with E-state index in [4.69, 9.17) is 14.2 Å². The Labute approximate surface area is 187 Å². The van der Waals surface area contributed by atoms with E-state index in [-0.39, 0.29) is 17.5 Å². The molecule has 5 nitrogen and oxygen atoms in total. The molecule has 1 spiro atoms. The van der Waals surface area contributed by atoms with Crippen molar-refractivity contribution in [2.24, 2.45) is 5.92 Å². The molecule has 32 heavy (non-hydrogen) atoms. The van der Waals surface area contributed by atoms with Crippen molar-refractivity contribution < 1.29 is 28.2 Å². The molecule has 2 aromatic rings. The van der Waals surface area contributed by atoms with Gasteiger partial charge in [-0.1, -0.05) is 38.1 Å². The first-order valence-electron chi connectivity index (χ1n) is 10.9. The number of hydrogen-bond donors (Lipinski definition) is 0. The van der Waals surface area contributed by atoms with Crippen LogP contribution < -0.4 is 0 Å². The maximum absolute atomic E-state index is 13.5. The molecule has 2 aliphatic heterocycles. The van der Waals surface area contributed by atoms with E-state index in [1.165, 1.54) is 12.1 Å². The maximum atomic E-state index is 13.5. The minimum Gasteiger partial charge on any atom is -0.447 e. The fourth-order valence-corrected chi connectivity index (χ4v) is 4.38.